The molecule has 3 rings (SSSR count). The Hall–Kier alpha value is -0.350. The highest BCUT2D eigenvalue weighted by atomic mass is 32.1. The minimum absolute atomic E-state index is 0.195. The molecular weight excluding hydrogens is 278 g/mol. The first-order valence-corrected chi connectivity index (χ1v) is 9.25. The van der Waals surface area contributed by atoms with Gasteiger partial charge in [-0.3, -0.25) is 4.90 Å². The van der Waals surface area contributed by atoms with Crippen LogP contribution in [0.25, 0.3) is 0 Å². The maximum Gasteiger partial charge on any atom is 0.166 e. The van der Waals surface area contributed by atoms with Crippen LogP contribution in [0.4, 0.5) is 0 Å². The number of thiocarbonyl (C=S) groups is 1. The number of nitrogens with one attached hydrogen (secondary N) is 2. The molecule has 0 aromatic heterocycles. The third kappa shape index (κ3) is 3.70. The number of nitrogens with zero attached hydrogens (tertiary/aromatic N) is 1. The highest BCUT2D eigenvalue weighted by Crippen LogP contribution is 2.44. The van der Waals surface area contributed by atoms with E-state index in [-0.39, 0.29) is 5.54 Å². The van der Waals surface area contributed by atoms with E-state index in [0.29, 0.717) is 6.04 Å². The van der Waals surface area contributed by atoms with Gasteiger partial charge in [-0.15, -0.1) is 0 Å². The van der Waals surface area contributed by atoms with Crippen molar-refractivity contribution in [1.29, 1.82) is 0 Å². The summed E-state index contributed by atoms with van der Waals surface area (Å²) >= 11 is 5.54. The Kier molecular flexibility index (Phi) is 4.75. The van der Waals surface area contributed by atoms with Crippen LogP contribution in [-0.2, 0) is 0 Å². The molecule has 2 bridgehead atoms. The Morgan fingerprint density at radius 1 is 1.14 bits per heavy atom. The lowest BCUT2D eigenvalue weighted by molar-refractivity contribution is 0.0983. The van der Waals surface area contributed by atoms with Gasteiger partial charge in [0.05, 0.1) is 0 Å². The topological polar surface area (TPSA) is 27.3 Å². The summed E-state index contributed by atoms with van der Waals surface area (Å²) in [6.45, 7) is 8.10. The van der Waals surface area contributed by atoms with Crippen molar-refractivity contribution < 1.29 is 0 Å². The molecule has 2 saturated carbocycles. The van der Waals surface area contributed by atoms with E-state index in [1.807, 2.05) is 0 Å². The molecule has 0 aromatic rings. The van der Waals surface area contributed by atoms with Crippen LogP contribution in [0, 0.1) is 11.8 Å². The predicted octanol–water partition coefficient (Wildman–Crippen LogP) is 2.90. The molecule has 0 amide bonds. The molecule has 3 unspecified atom stereocenters. The van der Waals surface area contributed by atoms with Crippen LogP contribution in [0.3, 0.4) is 0 Å². The summed E-state index contributed by atoms with van der Waals surface area (Å²) in [6, 6.07) is 0.641. The molecule has 1 aliphatic heterocycles. The van der Waals surface area contributed by atoms with Gasteiger partial charge in [-0.1, -0.05) is 12.8 Å². The van der Waals surface area contributed by atoms with Crippen molar-refractivity contribution in [3.63, 3.8) is 0 Å². The van der Waals surface area contributed by atoms with E-state index >= 15 is 0 Å². The van der Waals surface area contributed by atoms with Crippen molar-refractivity contribution in [2.45, 2.75) is 70.4 Å². The zero-order valence-electron chi connectivity index (χ0n) is 13.7. The number of likely N-dealkylation sites (tertiary alicyclic amines) is 1. The lowest BCUT2D eigenvalue weighted by Gasteiger charge is -2.41. The molecule has 1 saturated heterocycles. The fraction of sp³-hybridized carbons (Fsp3) is 0.941. The molecule has 1 heterocycles. The van der Waals surface area contributed by atoms with Crippen molar-refractivity contribution in [3.8, 4) is 0 Å². The van der Waals surface area contributed by atoms with Gasteiger partial charge in [0.2, 0.25) is 0 Å². The minimum Gasteiger partial charge on any atom is -0.361 e. The van der Waals surface area contributed by atoms with Crippen molar-refractivity contribution in [2.24, 2.45) is 11.8 Å². The Labute approximate surface area is 135 Å². The standard InChI is InChI=1S/C17H31N3S/c1-17(2,20-8-4-3-5-9-20)12-18-16(21)19-15-11-13-6-7-14(15)10-13/h13-15H,3-12H2,1-2H3,(H2,18,19,21). The maximum absolute atomic E-state index is 5.54. The van der Waals surface area contributed by atoms with Crippen LogP contribution in [-0.4, -0.2) is 41.2 Å². The molecular formula is C17H31N3S. The smallest absolute Gasteiger partial charge is 0.166 e. The van der Waals surface area contributed by atoms with Crippen molar-refractivity contribution in [3.05, 3.63) is 0 Å². The molecule has 3 nitrogen and oxygen atoms in total. The summed E-state index contributed by atoms with van der Waals surface area (Å²) in [4.78, 5) is 2.61. The molecule has 0 aromatic carbocycles. The second-order valence-corrected chi connectivity index (χ2v) is 8.38. The van der Waals surface area contributed by atoms with Crippen molar-refractivity contribution in [1.82, 2.24) is 15.5 Å². The summed E-state index contributed by atoms with van der Waals surface area (Å²) < 4.78 is 0. The SMILES string of the molecule is CC(C)(CNC(=S)NC1CC2CCC1C2)N1CCCCC1. The summed E-state index contributed by atoms with van der Waals surface area (Å²) in [6.07, 6.45) is 9.70. The third-order valence-electron chi connectivity index (χ3n) is 5.95. The normalized spacial score (nSPS) is 33.1. The zero-order valence-corrected chi connectivity index (χ0v) is 14.5. The first-order valence-electron chi connectivity index (χ1n) is 8.84. The maximum atomic E-state index is 5.54. The first kappa shape index (κ1) is 15.5. The van der Waals surface area contributed by atoms with Crippen LogP contribution in [0.1, 0.15) is 58.8 Å². The van der Waals surface area contributed by atoms with E-state index in [9.17, 15) is 0 Å². The molecule has 3 atom stereocenters. The third-order valence-corrected chi connectivity index (χ3v) is 6.21. The average molecular weight is 310 g/mol. The predicted molar refractivity (Wildman–Crippen MR) is 92.5 cm³/mol. The zero-order chi connectivity index (χ0) is 14.9. The van der Waals surface area contributed by atoms with Crippen LogP contribution in [0.2, 0.25) is 0 Å². The van der Waals surface area contributed by atoms with Crippen LogP contribution in [0.15, 0.2) is 0 Å². The lowest BCUT2D eigenvalue weighted by atomic mass is 9.95. The summed E-state index contributed by atoms with van der Waals surface area (Å²) in [7, 11) is 0. The first-order chi connectivity index (χ1) is 10.0. The van der Waals surface area contributed by atoms with Crippen molar-refractivity contribution >= 4 is 17.3 Å². The van der Waals surface area contributed by atoms with Gasteiger partial charge in [0.25, 0.3) is 0 Å². The monoisotopic (exact) mass is 309 g/mol. The van der Waals surface area contributed by atoms with Crippen LogP contribution < -0.4 is 10.6 Å². The Balaban J connectivity index is 1.42. The molecule has 21 heavy (non-hydrogen) atoms. The summed E-state index contributed by atoms with van der Waals surface area (Å²) in [5, 5.41) is 7.95. The largest absolute Gasteiger partial charge is 0.361 e. The quantitative estimate of drug-likeness (QED) is 0.781. The van der Waals surface area contributed by atoms with Crippen LogP contribution >= 0.6 is 12.2 Å². The number of piperidine rings is 1. The fourth-order valence-corrected chi connectivity index (χ4v) is 4.77. The summed E-state index contributed by atoms with van der Waals surface area (Å²) in [5.41, 5.74) is 0.195. The molecule has 120 valence electrons. The minimum atomic E-state index is 0.195. The van der Waals surface area contributed by atoms with Gasteiger partial charge in [-0.05, 0) is 83.1 Å². The van der Waals surface area contributed by atoms with E-state index in [1.165, 1.54) is 58.0 Å². The van der Waals surface area contributed by atoms with Gasteiger partial charge in [-0.2, -0.15) is 0 Å². The molecule has 2 aliphatic carbocycles. The molecule has 2 N–H and O–H groups in total. The lowest BCUT2D eigenvalue weighted by Crippen LogP contribution is -2.55. The van der Waals surface area contributed by atoms with E-state index < -0.39 is 0 Å². The fourth-order valence-electron chi connectivity index (χ4n) is 4.55. The molecule has 0 radical (unpaired) electrons. The van der Waals surface area contributed by atoms with Gasteiger partial charge < -0.3 is 10.6 Å². The van der Waals surface area contributed by atoms with E-state index in [4.69, 9.17) is 12.2 Å². The van der Waals surface area contributed by atoms with Gasteiger partial charge in [0, 0.05) is 18.1 Å². The highest BCUT2D eigenvalue weighted by molar-refractivity contribution is 7.80. The van der Waals surface area contributed by atoms with Gasteiger partial charge in [0.1, 0.15) is 0 Å². The molecule has 3 aliphatic rings. The van der Waals surface area contributed by atoms with Crippen LogP contribution in [0.5, 0.6) is 0 Å². The summed E-state index contributed by atoms with van der Waals surface area (Å²) in [5.74, 6) is 1.85. The highest BCUT2D eigenvalue weighted by Gasteiger charge is 2.39. The number of fused-ring (bicyclic) bond motifs is 2. The van der Waals surface area contributed by atoms with Gasteiger partial charge >= 0.3 is 0 Å². The Morgan fingerprint density at radius 2 is 1.90 bits per heavy atom. The number of hydrogen-bond donors (Lipinski definition) is 2. The molecule has 0 spiro atoms. The molecule has 3 fully saturated rings. The Morgan fingerprint density at radius 3 is 2.52 bits per heavy atom. The van der Waals surface area contributed by atoms with Crippen molar-refractivity contribution in [2.75, 3.05) is 19.6 Å². The van der Waals surface area contributed by atoms with E-state index in [1.54, 1.807) is 0 Å². The van der Waals surface area contributed by atoms with E-state index in [0.717, 1.165) is 23.5 Å². The molecule has 4 heteroatoms. The Bertz CT molecular complexity index is 376. The van der Waals surface area contributed by atoms with Gasteiger partial charge in [-0.25, -0.2) is 0 Å². The average Bonchev–Trinajstić information content (AvgIpc) is 3.09. The second-order valence-electron chi connectivity index (χ2n) is 7.97. The van der Waals surface area contributed by atoms with Gasteiger partial charge in [0.15, 0.2) is 5.11 Å². The number of rotatable bonds is 4. The number of hydrogen-bond acceptors (Lipinski definition) is 2. The van der Waals surface area contributed by atoms with E-state index in [2.05, 4.69) is 29.4 Å². The second kappa shape index (κ2) is 6.41.